The Morgan fingerprint density at radius 2 is 2.15 bits per heavy atom. The minimum absolute atomic E-state index is 0.0443. The minimum atomic E-state index is -1.06. The van der Waals surface area contributed by atoms with Crippen LogP contribution in [0.2, 0.25) is 0 Å². The molecule has 0 aromatic carbocycles. The van der Waals surface area contributed by atoms with Crippen LogP contribution in [0.25, 0.3) is 0 Å². The topological polar surface area (TPSA) is 99.2 Å². The van der Waals surface area contributed by atoms with Gasteiger partial charge in [-0.1, -0.05) is 0 Å². The molecule has 3 amide bonds. The van der Waals surface area contributed by atoms with Crippen LogP contribution < -0.4 is 5.32 Å². The summed E-state index contributed by atoms with van der Waals surface area (Å²) >= 11 is 0. The van der Waals surface area contributed by atoms with Gasteiger partial charge >= 0.3 is 12.0 Å². The minimum Gasteiger partial charge on any atom is -0.479 e. The molecule has 8 heteroatoms. The first kappa shape index (κ1) is 14.6. The third-order valence-corrected chi connectivity index (χ3v) is 3.58. The second-order valence-electron chi connectivity index (χ2n) is 5.10. The number of nitrogens with one attached hydrogen (secondary N) is 1. The number of piperidine rings is 1. The number of carboxylic acid groups (broad SMARTS) is 1. The highest BCUT2D eigenvalue weighted by atomic mass is 16.5. The second-order valence-corrected chi connectivity index (χ2v) is 5.10. The number of nitrogens with zero attached hydrogens (tertiary/aromatic N) is 2. The predicted molar refractivity (Wildman–Crippen MR) is 68.1 cm³/mol. The lowest BCUT2D eigenvalue weighted by Crippen LogP contribution is -2.56. The summed E-state index contributed by atoms with van der Waals surface area (Å²) in [7, 11) is 1.70. The Labute approximate surface area is 116 Å². The highest BCUT2D eigenvalue weighted by Gasteiger charge is 2.31. The number of aliphatic carboxylic acids is 1. The molecule has 2 saturated heterocycles. The lowest BCUT2D eigenvalue weighted by Gasteiger charge is -2.34. The van der Waals surface area contributed by atoms with Gasteiger partial charge in [0.05, 0.1) is 13.2 Å². The summed E-state index contributed by atoms with van der Waals surface area (Å²) in [4.78, 5) is 37.3. The van der Waals surface area contributed by atoms with E-state index < -0.39 is 12.1 Å². The number of ether oxygens (including phenoxy) is 1. The van der Waals surface area contributed by atoms with Gasteiger partial charge in [0.1, 0.15) is 0 Å². The molecule has 0 aliphatic carbocycles. The Kier molecular flexibility index (Phi) is 4.43. The van der Waals surface area contributed by atoms with Gasteiger partial charge in [-0.2, -0.15) is 0 Å². The van der Waals surface area contributed by atoms with Gasteiger partial charge < -0.3 is 25.0 Å². The monoisotopic (exact) mass is 285 g/mol. The van der Waals surface area contributed by atoms with Gasteiger partial charge in [-0.25, -0.2) is 9.59 Å². The summed E-state index contributed by atoms with van der Waals surface area (Å²) < 4.78 is 5.07. The summed E-state index contributed by atoms with van der Waals surface area (Å²) in [6.07, 6.45) is 0.0642. The molecule has 112 valence electrons. The number of carboxylic acids is 1. The SMILES string of the molecule is CN1CC(NC(=O)N2CCOC(C(=O)O)C2)CCC1=O. The van der Waals surface area contributed by atoms with Crippen molar-refractivity contribution in [3.63, 3.8) is 0 Å². The van der Waals surface area contributed by atoms with Gasteiger partial charge in [0, 0.05) is 32.6 Å². The summed E-state index contributed by atoms with van der Waals surface area (Å²) in [5, 5.41) is 11.7. The third-order valence-electron chi connectivity index (χ3n) is 3.58. The highest BCUT2D eigenvalue weighted by Crippen LogP contribution is 2.11. The molecular formula is C12H19N3O5. The van der Waals surface area contributed by atoms with Gasteiger partial charge in [-0.05, 0) is 6.42 Å². The molecule has 0 spiro atoms. The standard InChI is InChI=1S/C12H19N3O5/c1-14-6-8(2-3-10(14)16)13-12(19)15-4-5-20-9(7-15)11(17)18/h8-9H,2-7H2,1H3,(H,13,19)(H,17,18). The van der Waals surface area contributed by atoms with Crippen LogP contribution in [0.15, 0.2) is 0 Å². The van der Waals surface area contributed by atoms with Crippen molar-refractivity contribution >= 4 is 17.9 Å². The highest BCUT2D eigenvalue weighted by molar-refractivity contribution is 5.79. The van der Waals surface area contributed by atoms with Gasteiger partial charge in [0.2, 0.25) is 5.91 Å². The Balaban J connectivity index is 1.85. The summed E-state index contributed by atoms with van der Waals surface area (Å²) in [6, 6.07) is -0.386. The molecule has 20 heavy (non-hydrogen) atoms. The van der Waals surface area contributed by atoms with Crippen molar-refractivity contribution in [3.05, 3.63) is 0 Å². The lowest BCUT2D eigenvalue weighted by atomic mass is 10.1. The van der Waals surface area contributed by atoms with E-state index in [2.05, 4.69) is 5.32 Å². The average Bonchev–Trinajstić information content (AvgIpc) is 2.43. The van der Waals surface area contributed by atoms with Crippen LogP contribution in [0, 0.1) is 0 Å². The molecule has 2 atom stereocenters. The molecule has 8 nitrogen and oxygen atoms in total. The fourth-order valence-corrected chi connectivity index (χ4v) is 2.38. The number of urea groups is 1. The van der Waals surface area contributed by atoms with E-state index in [9.17, 15) is 14.4 Å². The van der Waals surface area contributed by atoms with Crippen LogP contribution in [-0.4, -0.2) is 78.2 Å². The summed E-state index contributed by atoms with van der Waals surface area (Å²) in [6.45, 7) is 1.12. The largest absolute Gasteiger partial charge is 0.479 e. The van der Waals surface area contributed by atoms with Crippen molar-refractivity contribution in [1.29, 1.82) is 0 Å². The number of carbonyl (C=O) groups is 3. The maximum Gasteiger partial charge on any atom is 0.334 e. The van der Waals surface area contributed by atoms with E-state index >= 15 is 0 Å². The first-order valence-corrected chi connectivity index (χ1v) is 6.61. The zero-order chi connectivity index (χ0) is 14.7. The maximum absolute atomic E-state index is 12.1. The van der Waals surface area contributed by atoms with Gasteiger partial charge in [0.15, 0.2) is 6.10 Å². The van der Waals surface area contributed by atoms with Crippen molar-refractivity contribution < 1.29 is 24.2 Å². The number of hydrogen-bond donors (Lipinski definition) is 2. The molecule has 2 N–H and O–H groups in total. The fourth-order valence-electron chi connectivity index (χ4n) is 2.38. The van der Waals surface area contributed by atoms with Crippen molar-refractivity contribution in [2.75, 3.05) is 33.3 Å². The van der Waals surface area contributed by atoms with E-state index in [4.69, 9.17) is 9.84 Å². The van der Waals surface area contributed by atoms with Crippen LogP contribution >= 0.6 is 0 Å². The van der Waals surface area contributed by atoms with Crippen molar-refractivity contribution in [1.82, 2.24) is 15.1 Å². The Hall–Kier alpha value is -1.83. The van der Waals surface area contributed by atoms with E-state index in [0.717, 1.165) is 0 Å². The zero-order valence-electron chi connectivity index (χ0n) is 11.4. The lowest BCUT2D eigenvalue weighted by molar-refractivity contribution is -0.154. The van der Waals surface area contributed by atoms with Gasteiger partial charge in [0.25, 0.3) is 0 Å². The van der Waals surface area contributed by atoms with Crippen LogP contribution in [0.3, 0.4) is 0 Å². The number of hydrogen-bond acceptors (Lipinski definition) is 4. The molecule has 0 bridgehead atoms. The molecular weight excluding hydrogens is 266 g/mol. The number of rotatable bonds is 2. The number of morpholine rings is 1. The smallest absolute Gasteiger partial charge is 0.334 e. The van der Waals surface area contributed by atoms with E-state index in [1.165, 1.54) is 4.90 Å². The van der Waals surface area contributed by atoms with E-state index in [0.29, 0.717) is 25.9 Å². The third kappa shape index (κ3) is 3.38. The quantitative estimate of drug-likeness (QED) is 0.685. The number of amides is 3. The van der Waals surface area contributed by atoms with E-state index in [-0.39, 0.29) is 31.1 Å². The normalized spacial score (nSPS) is 27.4. The fraction of sp³-hybridized carbons (Fsp3) is 0.750. The molecule has 2 rings (SSSR count). The van der Waals surface area contributed by atoms with Gasteiger partial charge in [-0.15, -0.1) is 0 Å². The van der Waals surface area contributed by atoms with Crippen molar-refractivity contribution in [2.24, 2.45) is 0 Å². The Morgan fingerprint density at radius 1 is 1.40 bits per heavy atom. The average molecular weight is 285 g/mol. The van der Waals surface area contributed by atoms with Crippen LogP contribution in [0.4, 0.5) is 4.79 Å². The van der Waals surface area contributed by atoms with Crippen LogP contribution in [0.1, 0.15) is 12.8 Å². The molecule has 0 saturated carbocycles. The number of likely N-dealkylation sites (tertiary alicyclic amines) is 1. The molecule has 0 radical (unpaired) electrons. The molecule has 2 heterocycles. The first-order chi connectivity index (χ1) is 9.47. The second kappa shape index (κ2) is 6.08. The molecule has 0 aromatic heterocycles. The molecule has 2 aliphatic rings. The Morgan fingerprint density at radius 3 is 2.80 bits per heavy atom. The van der Waals surface area contributed by atoms with Crippen molar-refractivity contribution in [2.45, 2.75) is 25.0 Å². The van der Waals surface area contributed by atoms with Gasteiger partial charge in [-0.3, -0.25) is 4.79 Å². The van der Waals surface area contributed by atoms with E-state index in [1.807, 2.05) is 0 Å². The number of likely N-dealkylation sites (N-methyl/N-ethyl adjacent to an activating group) is 1. The Bertz CT molecular complexity index is 414. The molecule has 0 aromatic rings. The predicted octanol–water partition coefficient (Wildman–Crippen LogP) is -0.898. The summed E-state index contributed by atoms with van der Waals surface area (Å²) in [5.74, 6) is -0.988. The summed E-state index contributed by atoms with van der Waals surface area (Å²) in [5.41, 5.74) is 0. The van der Waals surface area contributed by atoms with E-state index in [1.54, 1.807) is 11.9 Å². The first-order valence-electron chi connectivity index (χ1n) is 6.61. The van der Waals surface area contributed by atoms with Crippen LogP contribution in [-0.2, 0) is 14.3 Å². The van der Waals surface area contributed by atoms with Crippen LogP contribution in [0.5, 0.6) is 0 Å². The molecule has 2 fully saturated rings. The maximum atomic E-state index is 12.1. The zero-order valence-corrected chi connectivity index (χ0v) is 11.4. The number of carbonyl (C=O) groups excluding carboxylic acids is 2. The molecule has 2 unspecified atom stereocenters. The van der Waals surface area contributed by atoms with Crippen molar-refractivity contribution in [3.8, 4) is 0 Å². The molecule has 2 aliphatic heterocycles.